The minimum atomic E-state index is -0.544. The summed E-state index contributed by atoms with van der Waals surface area (Å²) in [6.45, 7) is 3.82. The maximum atomic E-state index is 13.4. The quantitative estimate of drug-likeness (QED) is 0.599. The van der Waals surface area contributed by atoms with E-state index in [1.54, 1.807) is 4.90 Å². The first kappa shape index (κ1) is 22.0. The average molecular weight is 450 g/mol. The fraction of sp³-hybridized carbons (Fsp3) is 0.333. The van der Waals surface area contributed by atoms with E-state index in [4.69, 9.17) is 5.73 Å². The Labute approximate surface area is 191 Å². The molecule has 1 aromatic heterocycles. The van der Waals surface area contributed by atoms with E-state index in [1.165, 1.54) is 11.3 Å². The second-order valence-corrected chi connectivity index (χ2v) is 8.96. The molecule has 0 radical (unpaired) electrons. The van der Waals surface area contributed by atoms with Crippen LogP contribution < -0.4 is 5.73 Å². The molecular formula is C24H27N5O2S. The Morgan fingerprint density at radius 1 is 1.09 bits per heavy atom. The normalized spacial score (nSPS) is 16.4. The number of nitrogens with zero attached hydrogens (tertiary/aromatic N) is 4. The van der Waals surface area contributed by atoms with Crippen LogP contribution in [0.4, 0.5) is 5.13 Å². The molecule has 7 nitrogen and oxygen atoms in total. The van der Waals surface area contributed by atoms with E-state index in [9.17, 15) is 9.59 Å². The maximum absolute atomic E-state index is 13.4. The Bertz CT molecular complexity index is 1080. The van der Waals surface area contributed by atoms with Crippen LogP contribution >= 0.6 is 11.3 Å². The molecule has 166 valence electrons. The van der Waals surface area contributed by atoms with Gasteiger partial charge in [-0.25, -0.2) is 0 Å². The number of anilines is 1. The second-order valence-electron chi connectivity index (χ2n) is 7.87. The molecule has 1 aliphatic heterocycles. The summed E-state index contributed by atoms with van der Waals surface area (Å²) in [5.74, 6) is -0.112. The number of rotatable bonds is 7. The number of hydrogen-bond donors (Lipinski definition) is 1. The third kappa shape index (κ3) is 4.80. The van der Waals surface area contributed by atoms with Gasteiger partial charge in [0.15, 0.2) is 0 Å². The van der Waals surface area contributed by atoms with Crippen molar-refractivity contribution in [1.29, 1.82) is 0 Å². The molecule has 2 aromatic carbocycles. The highest BCUT2D eigenvalue weighted by Gasteiger charge is 2.37. The van der Waals surface area contributed by atoms with Gasteiger partial charge in [0.05, 0.1) is 6.42 Å². The molecular weight excluding hydrogens is 422 g/mol. The smallest absolute Gasteiger partial charge is 0.245 e. The number of piperazine rings is 1. The molecule has 0 unspecified atom stereocenters. The summed E-state index contributed by atoms with van der Waals surface area (Å²) in [6.07, 6.45) is 1.46. The highest BCUT2D eigenvalue weighted by atomic mass is 32.1. The molecule has 1 aliphatic rings. The van der Waals surface area contributed by atoms with Crippen LogP contribution in [0.1, 0.15) is 23.9 Å². The monoisotopic (exact) mass is 449 g/mol. The fourth-order valence-corrected chi connectivity index (χ4v) is 4.80. The number of hydrogen-bond acceptors (Lipinski definition) is 6. The SMILES string of the molecule is CCCN1CCN(C(=O)Cc2nnc(N)s2)[C@@H](Cc2ccccc2-c2ccccc2)C1=O. The molecule has 2 heterocycles. The number of carbonyl (C=O) groups is 2. The molecule has 0 aliphatic carbocycles. The molecule has 0 bridgehead atoms. The third-order valence-electron chi connectivity index (χ3n) is 5.70. The molecule has 4 rings (SSSR count). The molecule has 2 N–H and O–H groups in total. The van der Waals surface area contributed by atoms with Gasteiger partial charge in [-0.05, 0) is 23.1 Å². The van der Waals surface area contributed by atoms with Crippen molar-refractivity contribution in [2.75, 3.05) is 25.4 Å². The Morgan fingerprint density at radius 3 is 2.56 bits per heavy atom. The summed E-state index contributed by atoms with van der Waals surface area (Å²) < 4.78 is 0. The van der Waals surface area contributed by atoms with Crippen LogP contribution in [-0.4, -0.2) is 57.5 Å². The minimum absolute atomic E-state index is 0.00564. The van der Waals surface area contributed by atoms with Crippen molar-refractivity contribution in [2.45, 2.75) is 32.2 Å². The zero-order valence-corrected chi connectivity index (χ0v) is 18.9. The Hall–Kier alpha value is -3.26. The lowest BCUT2D eigenvalue weighted by atomic mass is 9.93. The Balaban J connectivity index is 1.63. The van der Waals surface area contributed by atoms with Crippen LogP contribution in [0.2, 0.25) is 0 Å². The number of nitrogen functional groups attached to an aromatic ring is 1. The molecule has 0 spiro atoms. The lowest BCUT2D eigenvalue weighted by molar-refractivity contribution is -0.151. The molecule has 3 aromatic rings. The topological polar surface area (TPSA) is 92.4 Å². The number of aromatic nitrogens is 2. The molecule has 32 heavy (non-hydrogen) atoms. The number of carbonyl (C=O) groups excluding carboxylic acids is 2. The van der Waals surface area contributed by atoms with Crippen molar-refractivity contribution in [3.63, 3.8) is 0 Å². The van der Waals surface area contributed by atoms with E-state index in [0.717, 1.165) is 23.1 Å². The standard InChI is InChI=1S/C24H27N5O2S/c1-2-12-28-13-14-29(22(30)16-21-26-27-24(25)32-21)20(23(28)31)15-18-10-6-7-11-19(18)17-8-4-3-5-9-17/h3-11,20H,2,12-16H2,1H3,(H2,25,27)/t20-/m0/s1. The highest BCUT2D eigenvalue weighted by molar-refractivity contribution is 7.15. The van der Waals surface area contributed by atoms with Crippen molar-refractivity contribution in [3.05, 3.63) is 65.2 Å². The van der Waals surface area contributed by atoms with E-state index in [2.05, 4.69) is 35.3 Å². The molecule has 1 saturated heterocycles. The number of amides is 2. The summed E-state index contributed by atoms with van der Waals surface area (Å²) in [7, 11) is 0. The molecule has 8 heteroatoms. The van der Waals surface area contributed by atoms with Gasteiger partial charge in [-0.1, -0.05) is 72.9 Å². The van der Waals surface area contributed by atoms with Gasteiger partial charge in [0.1, 0.15) is 11.0 Å². The first-order valence-electron chi connectivity index (χ1n) is 10.9. The number of benzene rings is 2. The second kappa shape index (κ2) is 9.91. The molecule has 1 fully saturated rings. The van der Waals surface area contributed by atoms with Crippen LogP contribution in [0.5, 0.6) is 0 Å². The average Bonchev–Trinajstić information content (AvgIpc) is 3.22. The Morgan fingerprint density at radius 2 is 1.84 bits per heavy atom. The van der Waals surface area contributed by atoms with Gasteiger partial charge in [0.25, 0.3) is 0 Å². The predicted molar refractivity (Wildman–Crippen MR) is 126 cm³/mol. The van der Waals surface area contributed by atoms with Crippen molar-refractivity contribution < 1.29 is 9.59 Å². The van der Waals surface area contributed by atoms with E-state index in [-0.39, 0.29) is 18.2 Å². The fourth-order valence-electron chi connectivity index (χ4n) is 4.20. The van der Waals surface area contributed by atoms with Crippen LogP contribution in [0, 0.1) is 0 Å². The van der Waals surface area contributed by atoms with Gasteiger partial charge in [-0.3, -0.25) is 9.59 Å². The first-order chi connectivity index (χ1) is 15.6. The van der Waals surface area contributed by atoms with E-state index in [1.807, 2.05) is 41.3 Å². The maximum Gasteiger partial charge on any atom is 0.245 e. The van der Waals surface area contributed by atoms with Crippen LogP contribution in [0.3, 0.4) is 0 Å². The zero-order chi connectivity index (χ0) is 22.5. The summed E-state index contributed by atoms with van der Waals surface area (Å²) in [6, 6.07) is 17.7. The largest absolute Gasteiger partial charge is 0.374 e. The van der Waals surface area contributed by atoms with Gasteiger partial charge in [-0.2, -0.15) is 0 Å². The van der Waals surface area contributed by atoms with Crippen LogP contribution in [0.25, 0.3) is 11.1 Å². The van der Waals surface area contributed by atoms with Crippen molar-refractivity contribution in [2.24, 2.45) is 0 Å². The first-order valence-corrected chi connectivity index (χ1v) is 11.7. The van der Waals surface area contributed by atoms with Crippen LogP contribution in [-0.2, 0) is 22.4 Å². The van der Waals surface area contributed by atoms with Crippen molar-refractivity contribution in [3.8, 4) is 11.1 Å². The van der Waals surface area contributed by atoms with E-state index < -0.39 is 6.04 Å². The summed E-state index contributed by atoms with van der Waals surface area (Å²) >= 11 is 1.21. The van der Waals surface area contributed by atoms with E-state index >= 15 is 0 Å². The van der Waals surface area contributed by atoms with Crippen LogP contribution in [0.15, 0.2) is 54.6 Å². The van der Waals surface area contributed by atoms with Gasteiger partial charge in [0, 0.05) is 26.1 Å². The molecule has 2 amide bonds. The van der Waals surface area contributed by atoms with Gasteiger partial charge < -0.3 is 15.5 Å². The van der Waals surface area contributed by atoms with Gasteiger partial charge >= 0.3 is 0 Å². The summed E-state index contributed by atoms with van der Waals surface area (Å²) in [5, 5.41) is 8.68. The highest BCUT2D eigenvalue weighted by Crippen LogP contribution is 2.27. The minimum Gasteiger partial charge on any atom is -0.374 e. The van der Waals surface area contributed by atoms with Crippen molar-refractivity contribution >= 4 is 28.3 Å². The van der Waals surface area contributed by atoms with Crippen molar-refractivity contribution in [1.82, 2.24) is 20.0 Å². The number of nitrogens with two attached hydrogens (primary N) is 1. The summed E-state index contributed by atoms with van der Waals surface area (Å²) in [4.78, 5) is 30.2. The molecule has 0 saturated carbocycles. The Kier molecular flexibility index (Phi) is 6.80. The summed E-state index contributed by atoms with van der Waals surface area (Å²) in [5.41, 5.74) is 8.89. The third-order valence-corrected chi connectivity index (χ3v) is 6.45. The van der Waals surface area contributed by atoms with Gasteiger partial charge in [0.2, 0.25) is 16.9 Å². The van der Waals surface area contributed by atoms with E-state index in [0.29, 0.717) is 36.2 Å². The zero-order valence-electron chi connectivity index (χ0n) is 18.1. The lowest BCUT2D eigenvalue weighted by Crippen LogP contribution is -2.59. The van der Waals surface area contributed by atoms with Gasteiger partial charge in [-0.15, -0.1) is 10.2 Å². The molecule has 1 atom stereocenters. The lowest BCUT2D eigenvalue weighted by Gasteiger charge is -2.41. The predicted octanol–water partition coefficient (Wildman–Crippen LogP) is 3.02.